The Kier molecular flexibility index (Phi) is 8.00. The summed E-state index contributed by atoms with van der Waals surface area (Å²) in [5.41, 5.74) is 3.52. The molecule has 0 aromatic heterocycles. The molecule has 0 fully saturated rings. The molecule has 5 heteroatoms. The summed E-state index contributed by atoms with van der Waals surface area (Å²) in [5.74, 6) is 0.704. The Morgan fingerprint density at radius 3 is 2.25 bits per heavy atom. The maximum absolute atomic E-state index is 12.0. The highest BCUT2D eigenvalue weighted by molar-refractivity contribution is 7.80. The van der Waals surface area contributed by atoms with Crippen LogP contribution in [0.5, 0.6) is 5.75 Å². The molecular weight excluding hydrogens is 368 g/mol. The first-order chi connectivity index (χ1) is 13.3. The van der Waals surface area contributed by atoms with Crippen LogP contribution >= 0.6 is 12.2 Å². The van der Waals surface area contributed by atoms with Crippen molar-refractivity contribution in [3.8, 4) is 5.75 Å². The number of carbonyl (C=O) groups is 1. The lowest BCUT2D eigenvalue weighted by atomic mass is 9.87. The third kappa shape index (κ3) is 7.31. The van der Waals surface area contributed by atoms with E-state index in [1.807, 2.05) is 36.4 Å². The highest BCUT2D eigenvalue weighted by Crippen LogP contribution is 2.24. The summed E-state index contributed by atoms with van der Waals surface area (Å²) in [5, 5.41) is 6.04. The second kappa shape index (κ2) is 10.2. The molecule has 0 aliphatic carbocycles. The number of carbonyl (C=O) groups excluding carboxylic acids is 1. The van der Waals surface area contributed by atoms with Crippen LogP contribution in [-0.2, 0) is 16.6 Å². The van der Waals surface area contributed by atoms with Gasteiger partial charge in [-0.25, -0.2) is 0 Å². The summed E-state index contributed by atoms with van der Waals surface area (Å²) >= 11 is 5.20. The summed E-state index contributed by atoms with van der Waals surface area (Å²) in [7, 11) is 0. The molecule has 2 rings (SSSR count). The molecule has 4 nitrogen and oxygen atoms in total. The van der Waals surface area contributed by atoms with E-state index in [1.165, 1.54) is 11.1 Å². The van der Waals surface area contributed by atoms with Gasteiger partial charge in [0.2, 0.25) is 5.91 Å². The van der Waals surface area contributed by atoms with Crippen molar-refractivity contribution in [3.63, 3.8) is 0 Å². The van der Waals surface area contributed by atoms with Gasteiger partial charge in [-0.2, -0.15) is 0 Å². The minimum Gasteiger partial charge on any atom is -0.494 e. The molecule has 28 heavy (non-hydrogen) atoms. The number of nitrogens with one attached hydrogen (secondary N) is 2. The first kappa shape index (κ1) is 21.9. The molecular formula is C23H30N2O2S. The van der Waals surface area contributed by atoms with Gasteiger partial charge in [-0.1, -0.05) is 52.0 Å². The summed E-state index contributed by atoms with van der Waals surface area (Å²) < 4.78 is 5.72. The average molecular weight is 399 g/mol. The van der Waals surface area contributed by atoms with Gasteiger partial charge in [0.15, 0.2) is 5.11 Å². The van der Waals surface area contributed by atoms with Crippen molar-refractivity contribution in [1.29, 1.82) is 0 Å². The zero-order valence-electron chi connectivity index (χ0n) is 17.2. The van der Waals surface area contributed by atoms with E-state index < -0.39 is 0 Å². The first-order valence-electron chi connectivity index (χ1n) is 9.71. The van der Waals surface area contributed by atoms with Crippen LogP contribution in [0.1, 0.15) is 51.7 Å². The normalized spacial score (nSPS) is 11.0. The standard InChI is InChI=1S/C23H30N2O2S/c1-5-17-8-12-19(13-9-17)24-22(28)25-21(26)7-6-16-27-20-14-10-18(11-15-20)23(2,3)4/h8-15H,5-7,16H2,1-4H3,(H2,24,25,26,28). The SMILES string of the molecule is CCc1ccc(NC(=S)NC(=O)CCCOc2ccc(C(C)(C)C)cc2)cc1. The number of hydrogen-bond donors (Lipinski definition) is 2. The van der Waals surface area contributed by atoms with E-state index in [0.717, 1.165) is 17.9 Å². The molecule has 0 heterocycles. The monoisotopic (exact) mass is 398 g/mol. The molecule has 0 bridgehead atoms. The minimum atomic E-state index is -0.116. The van der Waals surface area contributed by atoms with Gasteiger partial charge in [0.25, 0.3) is 0 Å². The van der Waals surface area contributed by atoms with Gasteiger partial charge in [-0.05, 0) is 65.9 Å². The zero-order valence-corrected chi connectivity index (χ0v) is 18.0. The Morgan fingerprint density at radius 1 is 1.04 bits per heavy atom. The summed E-state index contributed by atoms with van der Waals surface area (Å²) in [6.07, 6.45) is 1.97. The Balaban J connectivity index is 1.67. The van der Waals surface area contributed by atoms with E-state index in [0.29, 0.717) is 24.6 Å². The summed E-state index contributed by atoms with van der Waals surface area (Å²) in [4.78, 5) is 12.0. The highest BCUT2D eigenvalue weighted by Gasteiger charge is 2.13. The molecule has 2 aromatic rings. The van der Waals surface area contributed by atoms with Crippen LogP contribution in [0.4, 0.5) is 5.69 Å². The van der Waals surface area contributed by atoms with Gasteiger partial charge in [0, 0.05) is 12.1 Å². The van der Waals surface area contributed by atoms with Crippen molar-refractivity contribution in [3.05, 3.63) is 59.7 Å². The Hall–Kier alpha value is -2.40. The molecule has 0 saturated heterocycles. The van der Waals surface area contributed by atoms with Gasteiger partial charge in [0.1, 0.15) is 5.75 Å². The number of ether oxygens (including phenoxy) is 1. The van der Waals surface area contributed by atoms with E-state index in [-0.39, 0.29) is 11.3 Å². The van der Waals surface area contributed by atoms with Crippen LogP contribution in [0, 0.1) is 0 Å². The molecule has 0 aliphatic rings. The lowest BCUT2D eigenvalue weighted by molar-refractivity contribution is -0.119. The van der Waals surface area contributed by atoms with E-state index in [4.69, 9.17) is 17.0 Å². The van der Waals surface area contributed by atoms with Gasteiger partial charge in [-0.15, -0.1) is 0 Å². The number of thiocarbonyl (C=S) groups is 1. The fourth-order valence-corrected chi connectivity index (χ4v) is 2.88. The van der Waals surface area contributed by atoms with E-state index >= 15 is 0 Å². The van der Waals surface area contributed by atoms with Gasteiger partial charge in [0.05, 0.1) is 6.61 Å². The van der Waals surface area contributed by atoms with E-state index in [2.05, 4.69) is 50.5 Å². The van der Waals surface area contributed by atoms with Crippen molar-refractivity contribution in [2.75, 3.05) is 11.9 Å². The van der Waals surface area contributed by atoms with Crippen LogP contribution in [0.2, 0.25) is 0 Å². The number of amides is 1. The lowest BCUT2D eigenvalue weighted by Crippen LogP contribution is -2.34. The first-order valence-corrected chi connectivity index (χ1v) is 10.1. The Morgan fingerprint density at radius 2 is 1.68 bits per heavy atom. The van der Waals surface area contributed by atoms with Crippen molar-refractivity contribution in [2.45, 2.75) is 52.4 Å². The van der Waals surface area contributed by atoms with Crippen LogP contribution in [0.15, 0.2) is 48.5 Å². The fourth-order valence-electron chi connectivity index (χ4n) is 2.65. The second-order valence-electron chi connectivity index (χ2n) is 7.78. The maximum atomic E-state index is 12.0. The lowest BCUT2D eigenvalue weighted by Gasteiger charge is -2.19. The third-order valence-corrected chi connectivity index (χ3v) is 4.61. The minimum absolute atomic E-state index is 0.116. The Labute approximate surface area is 173 Å². The predicted molar refractivity (Wildman–Crippen MR) is 120 cm³/mol. The molecule has 0 radical (unpaired) electrons. The third-order valence-electron chi connectivity index (χ3n) is 4.41. The molecule has 1 amide bonds. The van der Waals surface area contributed by atoms with Crippen LogP contribution < -0.4 is 15.4 Å². The van der Waals surface area contributed by atoms with Gasteiger partial charge >= 0.3 is 0 Å². The predicted octanol–water partition coefficient (Wildman–Crippen LogP) is 5.22. The molecule has 0 atom stereocenters. The topological polar surface area (TPSA) is 50.4 Å². The molecule has 2 aromatic carbocycles. The van der Waals surface area contributed by atoms with Gasteiger partial charge < -0.3 is 15.4 Å². The van der Waals surface area contributed by atoms with Crippen LogP contribution in [0.3, 0.4) is 0 Å². The van der Waals surface area contributed by atoms with E-state index in [9.17, 15) is 4.79 Å². The second-order valence-corrected chi connectivity index (χ2v) is 8.19. The number of benzene rings is 2. The Bertz CT molecular complexity index is 778. The highest BCUT2D eigenvalue weighted by atomic mass is 32.1. The molecule has 0 spiro atoms. The van der Waals surface area contributed by atoms with Gasteiger partial charge in [-0.3, -0.25) is 4.79 Å². The molecule has 0 saturated carbocycles. The molecule has 0 aliphatic heterocycles. The summed E-state index contributed by atoms with van der Waals surface area (Å²) in [6, 6.07) is 16.1. The van der Waals surface area contributed by atoms with Crippen molar-refractivity contribution in [2.24, 2.45) is 0 Å². The van der Waals surface area contributed by atoms with Crippen molar-refractivity contribution in [1.82, 2.24) is 5.32 Å². The average Bonchev–Trinajstić information content (AvgIpc) is 2.65. The number of aryl methyl sites for hydroxylation is 1. The fraction of sp³-hybridized carbons (Fsp3) is 0.391. The number of anilines is 1. The smallest absolute Gasteiger partial charge is 0.226 e. The van der Waals surface area contributed by atoms with Crippen LogP contribution in [0.25, 0.3) is 0 Å². The number of hydrogen-bond acceptors (Lipinski definition) is 3. The van der Waals surface area contributed by atoms with E-state index in [1.54, 1.807) is 0 Å². The van der Waals surface area contributed by atoms with Crippen LogP contribution in [-0.4, -0.2) is 17.6 Å². The molecule has 2 N–H and O–H groups in total. The van der Waals surface area contributed by atoms with Crippen molar-refractivity contribution >= 4 is 28.9 Å². The van der Waals surface area contributed by atoms with Crippen molar-refractivity contribution < 1.29 is 9.53 Å². The molecule has 0 unspecified atom stereocenters. The molecule has 150 valence electrons. The maximum Gasteiger partial charge on any atom is 0.226 e. The zero-order chi connectivity index (χ0) is 20.6. The summed E-state index contributed by atoms with van der Waals surface area (Å²) in [6.45, 7) is 9.14. The quantitative estimate of drug-likeness (QED) is 0.496. The largest absolute Gasteiger partial charge is 0.494 e. The number of rotatable bonds is 7.